The van der Waals surface area contributed by atoms with E-state index < -0.39 is 5.97 Å². The maximum absolute atomic E-state index is 12.2. The van der Waals surface area contributed by atoms with E-state index in [0.29, 0.717) is 16.5 Å². The van der Waals surface area contributed by atoms with Gasteiger partial charge >= 0.3 is 5.97 Å². The summed E-state index contributed by atoms with van der Waals surface area (Å²) in [4.78, 5) is 30.6. The molecule has 1 aliphatic carbocycles. The first-order valence-corrected chi connectivity index (χ1v) is 9.63. The minimum absolute atomic E-state index is 0.233. The molecule has 142 valence electrons. The minimum Gasteiger partial charge on any atom is -0.465 e. The second kappa shape index (κ2) is 8.81. The third-order valence-electron chi connectivity index (χ3n) is 4.43. The van der Waals surface area contributed by atoms with Gasteiger partial charge in [0.25, 0.3) is 5.91 Å². The van der Waals surface area contributed by atoms with Crippen LogP contribution in [0.25, 0.3) is 0 Å². The van der Waals surface area contributed by atoms with Crippen LogP contribution in [0.4, 0.5) is 5.00 Å². The number of oxime groups is 1. The van der Waals surface area contributed by atoms with Crippen LogP contribution in [0.2, 0.25) is 0 Å². The number of benzene rings is 1. The van der Waals surface area contributed by atoms with Crippen molar-refractivity contribution in [1.82, 2.24) is 0 Å². The van der Waals surface area contributed by atoms with Crippen molar-refractivity contribution in [3.63, 3.8) is 0 Å². The van der Waals surface area contributed by atoms with E-state index in [-0.39, 0.29) is 12.5 Å². The van der Waals surface area contributed by atoms with Gasteiger partial charge < -0.3 is 14.9 Å². The fourth-order valence-corrected chi connectivity index (χ4v) is 4.47. The van der Waals surface area contributed by atoms with Crippen LogP contribution in [0.5, 0.6) is 0 Å². The molecule has 1 N–H and O–H groups in total. The number of methoxy groups -OCH3 is 1. The molecule has 1 aliphatic rings. The lowest BCUT2D eigenvalue weighted by molar-refractivity contribution is -0.120. The van der Waals surface area contributed by atoms with E-state index in [1.54, 1.807) is 6.21 Å². The Bertz CT molecular complexity index is 845. The van der Waals surface area contributed by atoms with Gasteiger partial charge in [-0.15, -0.1) is 11.3 Å². The molecule has 1 amide bonds. The fraction of sp³-hybridized carbons (Fsp3) is 0.350. The number of rotatable bonds is 6. The lowest BCUT2D eigenvalue weighted by Gasteiger charge is -2.18. The van der Waals surface area contributed by atoms with E-state index in [1.807, 2.05) is 30.3 Å². The molecular formula is C20H22N2O4S. The van der Waals surface area contributed by atoms with E-state index in [0.717, 1.165) is 35.3 Å². The highest BCUT2D eigenvalue weighted by atomic mass is 32.1. The second-order valence-electron chi connectivity index (χ2n) is 6.51. The van der Waals surface area contributed by atoms with Crippen molar-refractivity contribution in [2.45, 2.75) is 26.2 Å². The van der Waals surface area contributed by atoms with Crippen molar-refractivity contribution < 1.29 is 19.2 Å². The topological polar surface area (TPSA) is 77.0 Å². The number of anilines is 1. The summed E-state index contributed by atoms with van der Waals surface area (Å²) in [6.07, 6.45) is 4.31. The maximum Gasteiger partial charge on any atom is 0.341 e. The molecule has 0 saturated carbocycles. The molecule has 1 atom stereocenters. The molecule has 7 heteroatoms. The zero-order valence-corrected chi connectivity index (χ0v) is 16.2. The Kier molecular flexibility index (Phi) is 6.24. The number of hydrogen-bond donors (Lipinski definition) is 1. The molecule has 0 bridgehead atoms. The van der Waals surface area contributed by atoms with E-state index >= 15 is 0 Å². The Labute approximate surface area is 162 Å². The van der Waals surface area contributed by atoms with E-state index in [4.69, 9.17) is 9.57 Å². The maximum atomic E-state index is 12.2. The van der Waals surface area contributed by atoms with Gasteiger partial charge in [-0.3, -0.25) is 4.79 Å². The summed E-state index contributed by atoms with van der Waals surface area (Å²) in [5.74, 6) is -0.210. The number of nitrogens with zero attached hydrogens (tertiary/aromatic N) is 1. The average molecular weight is 386 g/mol. The Morgan fingerprint density at radius 3 is 2.85 bits per heavy atom. The molecule has 1 aromatic heterocycles. The van der Waals surface area contributed by atoms with Crippen LogP contribution in [-0.4, -0.2) is 31.8 Å². The predicted molar refractivity (Wildman–Crippen MR) is 105 cm³/mol. The molecule has 0 radical (unpaired) electrons. The van der Waals surface area contributed by atoms with Gasteiger partial charge in [0.05, 0.1) is 18.9 Å². The first-order valence-electron chi connectivity index (χ1n) is 8.81. The van der Waals surface area contributed by atoms with Crippen LogP contribution < -0.4 is 5.32 Å². The van der Waals surface area contributed by atoms with Crippen LogP contribution in [-0.2, 0) is 27.2 Å². The SMILES string of the molecule is COC(=O)c1c(NC(=O)CO/N=C\c2ccccc2)sc2c1CC[C@H](C)C2. The summed E-state index contributed by atoms with van der Waals surface area (Å²) in [7, 11) is 1.35. The van der Waals surface area contributed by atoms with Gasteiger partial charge in [-0.1, -0.05) is 42.4 Å². The molecule has 6 nitrogen and oxygen atoms in total. The molecule has 0 aliphatic heterocycles. The predicted octanol–water partition coefficient (Wildman–Crippen LogP) is 3.65. The summed E-state index contributed by atoms with van der Waals surface area (Å²) in [6.45, 7) is 1.96. The summed E-state index contributed by atoms with van der Waals surface area (Å²) in [6, 6.07) is 9.45. The zero-order valence-electron chi connectivity index (χ0n) is 15.4. The number of nitrogens with one attached hydrogen (secondary N) is 1. The Hall–Kier alpha value is -2.67. The first kappa shape index (κ1) is 19.1. The van der Waals surface area contributed by atoms with Crippen molar-refractivity contribution in [1.29, 1.82) is 0 Å². The molecular weight excluding hydrogens is 364 g/mol. The molecule has 27 heavy (non-hydrogen) atoms. The van der Waals surface area contributed by atoms with Gasteiger partial charge in [-0.05, 0) is 36.3 Å². The zero-order chi connectivity index (χ0) is 19.2. The lowest BCUT2D eigenvalue weighted by Crippen LogP contribution is -2.19. The summed E-state index contributed by atoms with van der Waals surface area (Å²) in [5.41, 5.74) is 2.36. The van der Waals surface area contributed by atoms with Crippen LogP contribution in [0.3, 0.4) is 0 Å². The van der Waals surface area contributed by atoms with Crippen molar-refractivity contribution in [3.05, 3.63) is 51.9 Å². The van der Waals surface area contributed by atoms with Crippen LogP contribution in [0.15, 0.2) is 35.5 Å². The van der Waals surface area contributed by atoms with Crippen molar-refractivity contribution in [2.24, 2.45) is 11.1 Å². The van der Waals surface area contributed by atoms with E-state index in [1.165, 1.54) is 18.4 Å². The Morgan fingerprint density at radius 1 is 1.33 bits per heavy atom. The van der Waals surface area contributed by atoms with Gasteiger partial charge in [0, 0.05) is 4.88 Å². The van der Waals surface area contributed by atoms with Gasteiger partial charge in [-0.2, -0.15) is 0 Å². The normalized spacial score (nSPS) is 16.0. The van der Waals surface area contributed by atoms with Crippen LogP contribution >= 0.6 is 11.3 Å². The molecule has 1 heterocycles. The van der Waals surface area contributed by atoms with Crippen LogP contribution in [0.1, 0.15) is 39.7 Å². The molecule has 0 fully saturated rings. The third kappa shape index (κ3) is 4.74. The number of amides is 1. The summed E-state index contributed by atoms with van der Waals surface area (Å²) < 4.78 is 4.92. The first-order chi connectivity index (χ1) is 13.1. The number of esters is 1. The third-order valence-corrected chi connectivity index (χ3v) is 5.60. The molecule has 1 aromatic carbocycles. The van der Waals surface area contributed by atoms with Crippen molar-refractivity contribution in [2.75, 3.05) is 19.0 Å². The summed E-state index contributed by atoms with van der Waals surface area (Å²) in [5, 5.41) is 7.10. The Morgan fingerprint density at radius 2 is 2.11 bits per heavy atom. The second-order valence-corrected chi connectivity index (χ2v) is 7.62. The number of ether oxygens (including phenoxy) is 1. The molecule has 0 saturated heterocycles. The lowest BCUT2D eigenvalue weighted by atomic mass is 9.88. The number of carbonyl (C=O) groups excluding carboxylic acids is 2. The standard InChI is InChI=1S/C20H22N2O4S/c1-13-8-9-15-16(10-13)27-19(18(15)20(24)25-2)22-17(23)12-26-21-11-14-6-4-3-5-7-14/h3-7,11,13H,8-10,12H2,1-2H3,(H,22,23)/b21-11-/t13-/m0/s1. The van der Waals surface area contributed by atoms with Gasteiger partial charge in [0.15, 0.2) is 6.61 Å². The highest BCUT2D eigenvalue weighted by Gasteiger charge is 2.28. The summed E-state index contributed by atoms with van der Waals surface area (Å²) >= 11 is 1.45. The van der Waals surface area contributed by atoms with Crippen molar-refractivity contribution >= 4 is 34.4 Å². The highest BCUT2D eigenvalue weighted by Crippen LogP contribution is 2.39. The minimum atomic E-state index is -0.416. The number of thiophene rings is 1. The fourth-order valence-electron chi connectivity index (χ4n) is 3.05. The Balaban J connectivity index is 1.65. The molecule has 3 rings (SSSR count). The molecule has 0 unspecified atom stereocenters. The monoisotopic (exact) mass is 386 g/mol. The average Bonchev–Trinajstić information content (AvgIpc) is 3.02. The van der Waals surface area contributed by atoms with Gasteiger partial charge in [-0.25, -0.2) is 4.79 Å². The smallest absolute Gasteiger partial charge is 0.341 e. The molecule has 2 aromatic rings. The number of fused-ring (bicyclic) bond motifs is 1. The largest absolute Gasteiger partial charge is 0.465 e. The number of carbonyl (C=O) groups is 2. The van der Waals surface area contributed by atoms with Crippen LogP contribution in [0, 0.1) is 5.92 Å². The van der Waals surface area contributed by atoms with Gasteiger partial charge in [0.2, 0.25) is 0 Å². The molecule has 0 spiro atoms. The van der Waals surface area contributed by atoms with E-state index in [2.05, 4.69) is 17.4 Å². The highest BCUT2D eigenvalue weighted by molar-refractivity contribution is 7.17. The number of hydrogen-bond acceptors (Lipinski definition) is 6. The van der Waals surface area contributed by atoms with E-state index in [9.17, 15) is 9.59 Å². The quantitative estimate of drug-likeness (QED) is 0.467. The van der Waals surface area contributed by atoms with Gasteiger partial charge in [0.1, 0.15) is 5.00 Å². The van der Waals surface area contributed by atoms with Crippen molar-refractivity contribution in [3.8, 4) is 0 Å².